The number of hydrogen-bond donors (Lipinski definition) is 0. The third-order valence-corrected chi connectivity index (χ3v) is 2.08. The molecule has 0 aliphatic carbocycles. The van der Waals surface area contributed by atoms with Gasteiger partial charge in [0.05, 0.1) is 6.61 Å². The van der Waals surface area contributed by atoms with Gasteiger partial charge in [0.2, 0.25) is 0 Å². The van der Waals surface area contributed by atoms with Crippen LogP contribution in [0.2, 0.25) is 0 Å². The summed E-state index contributed by atoms with van der Waals surface area (Å²) in [5.41, 5.74) is 1.36. The van der Waals surface area contributed by atoms with Crippen LogP contribution in [0.15, 0.2) is 24.3 Å². The lowest BCUT2D eigenvalue weighted by atomic mass is 10.1. The van der Waals surface area contributed by atoms with Crippen molar-refractivity contribution in [1.82, 2.24) is 4.90 Å². The predicted octanol–water partition coefficient (Wildman–Crippen LogP) is 2.19. The lowest BCUT2D eigenvalue weighted by Gasteiger charge is -2.09. The average Bonchev–Trinajstić information content (AvgIpc) is 2.17. The molecule has 0 saturated heterocycles. The first-order valence-corrected chi connectivity index (χ1v) is 5.09. The van der Waals surface area contributed by atoms with Gasteiger partial charge in [0.15, 0.2) is 0 Å². The Labute approximate surface area is 86.5 Å². The molecule has 0 N–H and O–H groups in total. The van der Waals surface area contributed by atoms with Gasteiger partial charge in [-0.25, -0.2) is 0 Å². The SMILES string of the molecule is CCOc1ccc(CCN(C)C)cc1. The molecule has 1 aromatic rings. The second-order valence-corrected chi connectivity index (χ2v) is 3.63. The topological polar surface area (TPSA) is 12.5 Å². The molecule has 0 spiro atoms. The number of ether oxygens (including phenoxy) is 1. The largest absolute Gasteiger partial charge is 0.494 e. The van der Waals surface area contributed by atoms with Crippen molar-refractivity contribution in [3.05, 3.63) is 29.8 Å². The molecular formula is C12H19NO. The molecule has 0 fully saturated rings. The first-order valence-electron chi connectivity index (χ1n) is 5.09. The van der Waals surface area contributed by atoms with Gasteiger partial charge in [0, 0.05) is 6.54 Å². The Balaban J connectivity index is 2.46. The molecule has 2 heteroatoms. The summed E-state index contributed by atoms with van der Waals surface area (Å²) in [5, 5.41) is 0. The van der Waals surface area contributed by atoms with Crippen molar-refractivity contribution in [2.24, 2.45) is 0 Å². The van der Waals surface area contributed by atoms with E-state index < -0.39 is 0 Å². The van der Waals surface area contributed by atoms with Crippen LogP contribution in [0.5, 0.6) is 5.75 Å². The third kappa shape index (κ3) is 3.79. The van der Waals surface area contributed by atoms with Crippen LogP contribution in [0.1, 0.15) is 12.5 Å². The Morgan fingerprint density at radius 2 is 1.79 bits per heavy atom. The summed E-state index contributed by atoms with van der Waals surface area (Å²) in [4.78, 5) is 2.19. The highest BCUT2D eigenvalue weighted by Gasteiger charge is 1.95. The van der Waals surface area contributed by atoms with Gasteiger partial charge in [-0.1, -0.05) is 12.1 Å². The van der Waals surface area contributed by atoms with E-state index >= 15 is 0 Å². The number of benzene rings is 1. The molecule has 0 saturated carbocycles. The maximum Gasteiger partial charge on any atom is 0.119 e. The van der Waals surface area contributed by atoms with Gasteiger partial charge in [-0.05, 0) is 45.1 Å². The van der Waals surface area contributed by atoms with Crippen molar-refractivity contribution in [1.29, 1.82) is 0 Å². The van der Waals surface area contributed by atoms with Gasteiger partial charge in [-0.15, -0.1) is 0 Å². The number of hydrogen-bond acceptors (Lipinski definition) is 2. The van der Waals surface area contributed by atoms with Crippen molar-refractivity contribution in [3.8, 4) is 5.75 Å². The minimum Gasteiger partial charge on any atom is -0.494 e. The fraction of sp³-hybridized carbons (Fsp3) is 0.500. The van der Waals surface area contributed by atoms with E-state index in [1.807, 2.05) is 19.1 Å². The standard InChI is InChI=1S/C12H19NO/c1-4-14-12-7-5-11(6-8-12)9-10-13(2)3/h5-8H,4,9-10H2,1-3H3. The van der Waals surface area contributed by atoms with E-state index in [0.717, 1.165) is 25.3 Å². The predicted molar refractivity (Wildman–Crippen MR) is 59.9 cm³/mol. The zero-order valence-electron chi connectivity index (χ0n) is 9.29. The molecule has 0 amide bonds. The molecule has 0 bridgehead atoms. The number of rotatable bonds is 5. The van der Waals surface area contributed by atoms with Gasteiger partial charge in [0.25, 0.3) is 0 Å². The fourth-order valence-corrected chi connectivity index (χ4v) is 1.27. The summed E-state index contributed by atoms with van der Waals surface area (Å²) >= 11 is 0. The maximum atomic E-state index is 5.38. The molecule has 0 aliphatic heterocycles. The third-order valence-electron chi connectivity index (χ3n) is 2.08. The summed E-state index contributed by atoms with van der Waals surface area (Å²) in [5.74, 6) is 0.959. The van der Waals surface area contributed by atoms with Crippen LogP contribution in [0.3, 0.4) is 0 Å². The molecule has 0 unspecified atom stereocenters. The van der Waals surface area contributed by atoms with Gasteiger partial charge in [-0.3, -0.25) is 0 Å². The van der Waals surface area contributed by atoms with Crippen molar-refractivity contribution in [2.75, 3.05) is 27.2 Å². The number of likely N-dealkylation sites (N-methyl/N-ethyl adjacent to an activating group) is 1. The van der Waals surface area contributed by atoms with Crippen LogP contribution < -0.4 is 4.74 Å². The minimum atomic E-state index is 0.733. The van der Waals surface area contributed by atoms with Crippen LogP contribution >= 0.6 is 0 Å². The van der Waals surface area contributed by atoms with Crippen LogP contribution in [0.25, 0.3) is 0 Å². The molecule has 14 heavy (non-hydrogen) atoms. The Kier molecular flexibility index (Phi) is 4.47. The Bertz CT molecular complexity index is 254. The van der Waals surface area contributed by atoms with Crippen LogP contribution in [0, 0.1) is 0 Å². The zero-order chi connectivity index (χ0) is 10.4. The molecule has 1 aromatic carbocycles. The zero-order valence-corrected chi connectivity index (χ0v) is 9.29. The first-order chi connectivity index (χ1) is 6.72. The fourth-order valence-electron chi connectivity index (χ4n) is 1.27. The van der Waals surface area contributed by atoms with E-state index in [1.54, 1.807) is 0 Å². The molecule has 0 aliphatic rings. The van der Waals surface area contributed by atoms with Crippen LogP contribution in [-0.2, 0) is 6.42 Å². The van der Waals surface area contributed by atoms with Crippen molar-refractivity contribution < 1.29 is 4.74 Å². The van der Waals surface area contributed by atoms with E-state index in [-0.39, 0.29) is 0 Å². The Morgan fingerprint density at radius 3 is 2.29 bits per heavy atom. The molecular weight excluding hydrogens is 174 g/mol. The monoisotopic (exact) mass is 193 g/mol. The van der Waals surface area contributed by atoms with Crippen LogP contribution in [-0.4, -0.2) is 32.1 Å². The van der Waals surface area contributed by atoms with E-state index in [0.29, 0.717) is 0 Å². The Morgan fingerprint density at radius 1 is 1.14 bits per heavy atom. The lowest BCUT2D eigenvalue weighted by molar-refractivity contribution is 0.340. The summed E-state index contributed by atoms with van der Waals surface area (Å²) in [7, 11) is 4.18. The maximum absolute atomic E-state index is 5.38. The highest BCUT2D eigenvalue weighted by atomic mass is 16.5. The highest BCUT2D eigenvalue weighted by molar-refractivity contribution is 5.27. The van der Waals surface area contributed by atoms with E-state index in [4.69, 9.17) is 4.74 Å². The average molecular weight is 193 g/mol. The summed E-state index contributed by atoms with van der Waals surface area (Å²) in [6, 6.07) is 8.34. The Hall–Kier alpha value is -1.02. The van der Waals surface area contributed by atoms with E-state index in [1.165, 1.54) is 5.56 Å². The van der Waals surface area contributed by atoms with Crippen molar-refractivity contribution in [3.63, 3.8) is 0 Å². The summed E-state index contributed by atoms with van der Waals surface area (Å²) in [6.45, 7) is 3.82. The molecule has 2 nitrogen and oxygen atoms in total. The lowest BCUT2D eigenvalue weighted by Crippen LogP contribution is -2.14. The highest BCUT2D eigenvalue weighted by Crippen LogP contribution is 2.12. The molecule has 0 radical (unpaired) electrons. The second-order valence-electron chi connectivity index (χ2n) is 3.63. The first kappa shape index (κ1) is 11.1. The van der Waals surface area contributed by atoms with Gasteiger partial charge in [-0.2, -0.15) is 0 Å². The number of nitrogens with zero attached hydrogens (tertiary/aromatic N) is 1. The summed E-state index contributed by atoms with van der Waals surface area (Å²) < 4.78 is 5.38. The normalized spacial score (nSPS) is 10.6. The van der Waals surface area contributed by atoms with Gasteiger partial charge in [0.1, 0.15) is 5.75 Å². The molecule has 0 heterocycles. The molecule has 78 valence electrons. The van der Waals surface area contributed by atoms with Gasteiger partial charge < -0.3 is 9.64 Å². The second kappa shape index (κ2) is 5.66. The van der Waals surface area contributed by atoms with Crippen LogP contribution in [0.4, 0.5) is 0 Å². The molecule has 1 rings (SSSR count). The summed E-state index contributed by atoms with van der Waals surface area (Å²) in [6.07, 6.45) is 1.10. The van der Waals surface area contributed by atoms with E-state index in [9.17, 15) is 0 Å². The van der Waals surface area contributed by atoms with Crippen molar-refractivity contribution >= 4 is 0 Å². The smallest absolute Gasteiger partial charge is 0.119 e. The minimum absolute atomic E-state index is 0.733. The molecule has 0 atom stereocenters. The van der Waals surface area contributed by atoms with E-state index in [2.05, 4.69) is 31.1 Å². The molecule has 0 aromatic heterocycles. The quantitative estimate of drug-likeness (QED) is 0.710. The van der Waals surface area contributed by atoms with Gasteiger partial charge >= 0.3 is 0 Å². The van der Waals surface area contributed by atoms with Crippen molar-refractivity contribution in [2.45, 2.75) is 13.3 Å².